The number of carbonyl (C=O) groups excluding carboxylic acids is 1. The zero-order valence-corrected chi connectivity index (χ0v) is 6.56. The number of nitrogens with zero attached hydrogens (tertiary/aromatic N) is 2. The van der Waals surface area contributed by atoms with Crippen molar-refractivity contribution in [2.45, 2.75) is 32.4 Å². The van der Waals surface area contributed by atoms with Crippen LogP contribution < -0.4 is 0 Å². The highest BCUT2D eigenvalue weighted by Crippen LogP contribution is 2.20. The Morgan fingerprint density at radius 3 is 2.18 bits per heavy atom. The van der Waals surface area contributed by atoms with Gasteiger partial charge in [0.1, 0.15) is 0 Å². The van der Waals surface area contributed by atoms with Gasteiger partial charge in [-0.05, 0) is 13.3 Å². The van der Waals surface area contributed by atoms with Gasteiger partial charge in [-0.25, -0.2) is 4.79 Å². The fourth-order valence-electron chi connectivity index (χ4n) is 1.30. The number of rotatable bonds is 1. The number of amides is 2. The number of urea groups is 1. The Balaban J connectivity index is 2.77. The van der Waals surface area contributed by atoms with E-state index in [0.717, 1.165) is 0 Å². The van der Waals surface area contributed by atoms with Crippen molar-refractivity contribution >= 4 is 6.03 Å². The van der Waals surface area contributed by atoms with Crippen molar-refractivity contribution in [1.82, 2.24) is 10.1 Å². The van der Waals surface area contributed by atoms with Gasteiger partial charge in [0.15, 0.2) is 0 Å². The van der Waals surface area contributed by atoms with Gasteiger partial charge in [-0.2, -0.15) is 10.1 Å². The van der Waals surface area contributed by atoms with E-state index in [-0.39, 0.29) is 12.1 Å². The Morgan fingerprint density at radius 2 is 2.00 bits per heavy atom. The topological polar surface area (TPSA) is 64.0 Å². The molecule has 2 amide bonds. The normalized spacial score (nSPS) is 31.8. The summed E-state index contributed by atoms with van der Waals surface area (Å²) in [5, 5.41) is 19.2. The summed E-state index contributed by atoms with van der Waals surface area (Å²) in [6, 6.07) is -1.38. The van der Waals surface area contributed by atoms with Crippen LogP contribution in [-0.4, -0.2) is 38.7 Å². The highest BCUT2D eigenvalue weighted by atomic mass is 16.6. The lowest BCUT2D eigenvalue weighted by atomic mass is 10.1. The molecule has 2 atom stereocenters. The third kappa shape index (κ3) is 1.06. The zero-order valence-electron chi connectivity index (χ0n) is 6.56. The molecule has 0 aromatic carbocycles. The van der Waals surface area contributed by atoms with Crippen molar-refractivity contribution in [3.05, 3.63) is 0 Å². The molecule has 0 spiro atoms. The van der Waals surface area contributed by atoms with E-state index in [0.29, 0.717) is 16.5 Å². The van der Waals surface area contributed by atoms with Crippen LogP contribution in [0.2, 0.25) is 0 Å². The molecular formula is C6H12N2O3. The lowest BCUT2D eigenvalue weighted by Gasteiger charge is -2.16. The van der Waals surface area contributed by atoms with Gasteiger partial charge >= 0.3 is 6.03 Å². The summed E-state index contributed by atoms with van der Waals surface area (Å²) in [6.45, 7) is 3.53. The molecule has 1 saturated heterocycles. The van der Waals surface area contributed by atoms with Crippen molar-refractivity contribution < 1.29 is 15.2 Å². The van der Waals surface area contributed by atoms with Crippen molar-refractivity contribution in [3.8, 4) is 0 Å². The quantitative estimate of drug-likeness (QED) is 0.554. The monoisotopic (exact) mass is 160 g/mol. The van der Waals surface area contributed by atoms with Crippen LogP contribution in [-0.2, 0) is 0 Å². The Hall–Kier alpha value is -0.810. The van der Waals surface area contributed by atoms with Gasteiger partial charge < -0.3 is 0 Å². The first-order chi connectivity index (χ1) is 5.09. The highest BCUT2D eigenvalue weighted by Gasteiger charge is 2.41. The SMILES string of the molecule is CCC1C(C)N(O)C(=O)N1O. The summed E-state index contributed by atoms with van der Waals surface area (Å²) in [7, 11) is 0. The van der Waals surface area contributed by atoms with Crippen LogP contribution >= 0.6 is 0 Å². The summed E-state index contributed by atoms with van der Waals surface area (Å²) in [4.78, 5) is 10.8. The van der Waals surface area contributed by atoms with E-state index in [1.54, 1.807) is 6.92 Å². The van der Waals surface area contributed by atoms with E-state index < -0.39 is 6.03 Å². The van der Waals surface area contributed by atoms with Crippen LogP contribution in [0.25, 0.3) is 0 Å². The molecule has 5 heteroatoms. The minimum atomic E-state index is -0.746. The van der Waals surface area contributed by atoms with Gasteiger partial charge in [0.05, 0.1) is 12.1 Å². The third-order valence-electron chi connectivity index (χ3n) is 2.07. The summed E-state index contributed by atoms with van der Waals surface area (Å²) >= 11 is 0. The maximum Gasteiger partial charge on any atom is 0.368 e. The molecule has 11 heavy (non-hydrogen) atoms. The van der Waals surface area contributed by atoms with Crippen LogP contribution in [0.15, 0.2) is 0 Å². The van der Waals surface area contributed by atoms with Gasteiger partial charge in [0.25, 0.3) is 0 Å². The van der Waals surface area contributed by atoms with E-state index in [1.165, 1.54) is 0 Å². The number of carbonyl (C=O) groups is 1. The molecule has 1 rings (SSSR count). The van der Waals surface area contributed by atoms with Gasteiger partial charge in [0.2, 0.25) is 0 Å². The van der Waals surface area contributed by atoms with E-state index in [1.807, 2.05) is 6.92 Å². The lowest BCUT2D eigenvalue weighted by molar-refractivity contribution is -0.0724. The van der Waals surface area contributed by atoms with E-state index in [9.17, 15) is 4.79 Å². The van der Waals surface area contributed by atoms with Crippen LogP contribution in [0, 0.1) is 0 Å². The zero-order chi connectivity index (χ0) is 8.59. The van der Waals surface area contributed by atoms with Crippen LogP contribution in [0.3, 0.4) is 0 Å². The molecule has 0 aromatic rings. The van der Waals surface area contributed by atoms with Crippen LogP contribution in [0.1, 0.15) is 20.3 Å². The third-order valence-corrected chi connectivity index (χ3v) is 2.07. The molecule has 1 fully saturated rings. The number of hydrogen-bond donors (Lipinski definition) is 2. The van der Waals surface area contributed by atoms with Gasteiger partial charge in [-0.1, -0.05) is 6.92 Å². The second kappa shape index (κ2) is 2.67. The maximum absolute atomic E-state index is 10.8. The van der Waals surface area contributed by atoms with Gasteiger partial charge in [-0.15, -0.1) is 0 Å². The average Bonchev–Trinajstić information content (AvgIpc) is 2.17. The van der Waals surface area contributed by atoms with Crippen molar-refractivity contribution in [3.63, 3.8) is 0 Å². The molecule has 5 nitrogen and oxygen atoms in total. The number of hydrogen-bond acceptors (Lipinski definition) is 3. The van der Waals surface area contributed by atoms with Crippen molar-refractivity contribution in [2.24, 2.45) is 0 Å². The Morgan fingerprint density at radius 1 is 1.45 bits per heavy atom. The summed E-state index contributed by atoms with van der Waals surface area (Å²) in [6.07, 6.45) is 0.625. The van der Waals surface area contributed by atoms with Crippen LogP contribution in [0.5, 0.6) is 0 Å². The molecule has 0 aromatic heterocycles. The Labute approximate surface area is 64.7 Å². The lowest BCUT2D eigenvalue weighted by Crippen LogP contribution is -2.32. The molecule has 64 valence electrons. The maximum atomic E-state index is 10.8. The highest BCUT2D eigenvalue weighted by molar-refractivity contribution is 5.75. The minimum Gasteiger partial charge on any atom is -0.284 e. The second-order valence-corrected chi connectivity index (χ2v) is 2.69. The summed E-state index contributed by atoms with van der Waals surface area (Å²) < 4.78 is 0. The van der Waals surface area contributed by atoms with Crippen LogP contribution in [0.4, 0.5) is 4.79 Å². The first-order valence-electron chi connectivity index (χ1n) is 3.59. The largest absolute Gasteiger partial charge is 0.368 e. The molecule has 0 aliphatic carbocycles. The van der Waals surface area contributed by atoms with Gasteiger partial charge in [-0.3, -0.25) is 10.4 Å². The molecule has 1 aliphatic heterocycles. The molecule has 1 heterocycles. The van der Waals surface area contributed by atoms with E-state index >= 15 is 0 Å². The predicted octanol–water partition coefficient (Wildman–Crippen LogP) is 0.669. The summed E-state index contributed by atoms with van der Waals surface area (Å²) in [5.41, 5.74) is 0. The molecule has 2 N–H and O–H groups in total. The first kappa shape index (κ1) is 8.29. The predicted molar refractivity (Wildman–Crippen MR) is 36.2 cm³/mol. The molecule has 0 bridgehead atoms. The Kier molecular flexibility index (Phi) is 2.01. The molecule has 0 radical (unpaired) electrons. The fourth-order valence-corrected chi connectivity index (χ4v) is 1.30. The molecule has 2 unspecified atom stereocenters. The fraction of sp³-hybridized carbons (Fsp3) is 0.833. The average molecular weight is 160 g/mol. The van der Waals surface area contributed by atoms with E-state index in [4.69, 9.17) is 10.4 Å². The smallest absolute Gasteiger partial charge is 0.284 e. The molecule has 1 aliphatic rings. The second-order valence-electron chi connectivity index (χ2n) is 2.69. The van der Waals surface area contributed by atoms with Crippen molar-refractivity contribution in [1.29, 1.82) is 0 Å². The number of hydroxylamine groups is 4. The van der Waals surface area contributed by atoms with E-state index in [2.05, 4.69) is 0 Å². The minimum absolute atomic E-state index is 0.299. The molecular weight excluding hydrogens is 148 g/mol. The molecule has 0 saturated carbocycles. The standard InChI is InChI=1S/C6H12N2O3/c1-3-5-4(2)7(10)6(9)8(5)11/h4-5,10-11H,3H2,1-2H3. The first-order valence-corrected chi connectivity index (χ1v) is 3.59. The Bertz CT molecular complexity index is 173. The van der Waals surface area contributed by atoms with Crippen molar-refractivity contribution in [2.75, 3.05) is 0 Å². The summed E-state index contributed by atoms with van der Waals surface area (Å²) in [5.74, 6) is 0. The van der Waals surface area contributed by atoms with Gasteiger partial charge in [0, 0.05) is 0 Å².